The Labute approximate surface area is 145 Å². The van der Waals surface area contributed by atoms with Crippen LogP contribution in [-0.4, -0.2) is 49.9 Å². The van der Waals surface area contributed by atoms with E-state index in [1.165, 1.54) is 0 Å². The predicted octanol–water partition coefficient (Wildman–Crippen LogP) is 1.10. The van der Waals surface area contributed by atoms with E-state index in [1.54, 1.807) is 22.9 Å². The van der Waals surface area contributed by atoms with Crippen molar-refractivity contribution in [3.8, 4) is 0 Å². The highest BCUT2D eigenvalue weighted by Crippen LogP contribution is 2.12. The number of aromatic nitrogens is 4. The second-order valence-electron chi connectivity index (χ2n) is 6.43. The molecule has 1 fully saturated rings. The number of nitrogens with zero attached hydrogens (tertiary/aromatic N) is 5. The van der Waals surface area contributed by atoms with Crippen LogP contribution in [-0.2, 0) is 17.8 Å². The van der Waals surface area contributed by atoms with Gasteiger partial charge in [-0.05, 0) is 24.6 Å². The molecular formula is C18H21N5O2. The summed E-state index contributed by atoms with van der Waals surface area (Å²) in [6.45, 7) is 5.67. The second kappa shape index (κ2) is 6.78. The molecule has 0 radical (unpaired) electrons. The molecule has 1 aliphatic heterocycles. The molecule has 0 aliphatic carbocycles. The fraction of sp³-hybridized carbons (Fsp3) is 0.389. The van der Waals surface area contributed by atoms with Crippen molar-refractivity contribution >= 4 is 5.65 Å². The van der Waals surface area contributed by atoms with Gasteiger partial charge in [0, 0.05) is 44.3 Å². The maximum Gasteiger partial charge on any atom is 0.258 e. The molecule has 7 nitrogen and oxygen atoms in total. The molecule has 0 amide bonds. The smallest absolute Gasteiger partial charge is 0.258 e. The first-order valence-corrected chi connectivity index (χ1v) is 8.48. The quantitative estimate of drug-likeness (QED) is 0.712. The van der Waals surface area contributed by atoms with Crippen molar-refractivity contribution in [1.82, 2.24) is 24.1 Å². The van der Waals surface area contributed by atoms with Gasteiger partial charge in [0.25, 0.3) is 5.56 Å². The maximum absolute atomic E-state index is 12.3. The van der Waals surface area contributed by atoms with Gasteiger partial charge in [0.05, 0.1) is 24.9 Å². The third kappa shape index (κ3) is 3.47. The number of pyridine rings is 1. The lowest BCUT2D eigenvalue weighted by Gasteiger charge is -2.32. The zero-order valence-corrected chi connectivity index (χ0v) is 14.2. The minimum absolute atomic E-state index is 0.0370. The normalized spacial score (nSPS) is 18.7. The topological polar surface area (TPSA) is 64.7 Å². The van der Waals surface area contributed by atoms with Crippen LogP contribution in [0.1, 0.15) is 11.3 Å². The summed E-state index contributed by atoms with van der Waals surface area (Å²) in [7, 11) is 0. The first kappa shape index (κ1) is 16.0. The molecule has 3 aromatic rings. The van der Waals surface area contributed by atoms with E-state index in [0.717, 1.165) is 36.5 Å². The zero-order valence-electron chi connectivity index (χ0n) is 14.2. The van der Waals surface area contributed by atoms with Gasteiger partial charge in [-0.2, -0.15) is 5.10 Å². The van der Waals surface area contributed by atoms with E-state index >= 15 is 0 Å². The molecule has 0 saturated carbocycles. The Kier molecular flexibility index (Phi) is 4.33. The minimum Gasteiger partial charge on any atom is -0.374 e. The molecule has 0 bridgehead atoms. The average molecular weight is 339 g/mol. The van der Waals surface area contributed by atoms with Crippen LogP contribution in [0.3, 0.4) is 0 Å². The lowest BCUT2D eigenvalue weighted by Crippen LogP contribution is -2.44. The fourth-order valence-electron chi connectivity index (χ4n) is 3.27. The first-order chi connectivity index (χ1) is 12.2. The van der Waals surface area contributed by atoms with Crippen LogP contribution in [0.15, 0.2) is 47.7 Å². The lowest BCUT2D eigenvalue weighted by atomic mass is 10.2. The molecule has 1 unspecified atom stereocenters. The summed E-state index contributed by atoms with van der Waals surface area (Å²) in [4.78, 5) is 19.3. The lowest BCUT2D eigenvalue weighted by molar-refractivity contribution is -0.0405. The first-order valence-electron chi connectivity index (χ1n) is 8.48. The highest BCUT2D eigenvalue weighted by Gasteiger charge is 2.21. The predicted molar refractivity (Wildman–Crippen MR) is 93.4 cm³/mol. The van der Waals surface area contributed by atoms with Crippen molar-refractivity contribution in [1.29, 1.82) is 0 Å². The van der Waals surface area contributed by atoms with E-state index in [2.05, 4.69) is 10.00 Å². The Hall–Kier alpha value is -2.51. The van der Waals surface area contributed by atoms with Crippen molar-refractivity contribution in [3.05, 3.63) is 64.5 Å². The third-order valence-electron chi connectivity index (χ3n) is 4.50. The minimum atomic E-state index is -0.0370. The largest absolute Gasteiger partial charge is 0.374 e. The van der Waals surface area contributed by atoms with Gasteiger partial charge in [-0.25, -0.2) is 4.98 Å². The molecule has 7 heteroatoms. The van der Waals surface area contributed by atoms with E-state index in [1.807, 2.05) is 36.0 Å². The molecule has 1 saturated heterocycles. The summed E-state index contributed by atoms with van der Waals surface area (Å²) in [5.41, 5.74) is 2.50. The molecule has 0 aromatic carbocycles. The van der Waals surface area contributed by atoms with Gasteiger partial charge >= 0.3 is 0 Å². The van der Waals surface area contributed by atoms with Crippen LogP contribution < -0.4 is 5.56 Å². The van der Waals surface area contributed by atoms with Crippen molar-refractivity contribution in [2.75, 3.05) is 19.7 Å². The number of rotatable bonds is 4. The van der Waals surface area contributed by atoms with E-state index in [0.29, 0.717) is 13.2 Å². The van der Waals surface area contributed by atoms with E-state index in [9.17, 15) is 4.79 Å². The molecule has 4 rings (SSSR count). The third-order valence-corrected chi connectivity index (χ3v) is 4.50. The monoisotopic (exact) mass is 339 g/mol. The summed E-state index contributed by atoms with van der Waals surface area (Å²) >= 11 is 0. The summed E-state index contributed by atoms with van der Waals surface area (Å²) in [5.74, 6) is 0. The Balaban J connectivity index is 1.50. The number of hydrogen-bond acceptors (Lipinski definition) is 5. The van der Waals surface area contributed by atoms with Gasteiger partial charge in [0.15, 0.2) is 0 Å². The fourth-order valence-corrected chi connectivity index (χ4v) is 3.27. The van der Waals surface area contributed by atoms with Crippen LogP contribution in [0.2, 0.25) is 0 Å². The Bertz CT molecular complexity index is 919. The van der Waals surface area contributed by atoms with Gasteiger partial charge in [-0.3, -0.25) is 18.8 Å². The van der Waals surface area contributed by atoms with Crippen molar-refractivity contribution in [2.24, 2.45) is 0 Å². The molecule has 0 spiro atoms. The van der Waals surface area contributed by atoms with Crippen molar-refractivity contribution < 1.29 is 4.74 Å². The van der Waals surface area contributed by atoms with E-state index < -0.39 is 0 Å². The van der Waals surface area contributed by atoms with Crippen LogP contribution in [0, 0.1) is 6.92 Å². The molecule has 4 heterocycles. The van der Waals surface area contributed by atoms with Crippen LogP contribution >= 0.6 is 0 Å². The second-order valence-corrected chi connectivity index (χ2v) is 6.43. The summed E-state index contributed by atoms with van der Waals surface area (Å²) < 4.78 is 9.33. The average Bonchev–Trinajstić information content (AvgIpc) is 3.09. The van der Waals surface area contributed by atoms with Crippen molar-refractivity contribution in [2.45, 2.75) is 26.1 Å². The highest BCUT2D eigenvalue weighted by molar-refractivity contribution is 5.46. The summed E-state index contributed by atoms with van der Waals surface area (Å²) in [5, 5.41) is 4.24. The van der Waals surface area contributed by atoms with Gasteiger partial charge in [-0.1, -0.05) is 6.07 Å². The van der Waals surface area contributed by atoms with Gasteiger partial charge < -0.3 is 4.74 Å². The SMILES string of the molecule is Cc1cccn2c(=O)cc(CN3CCOC(Cn4cccn4)C3)nc12. The number of aryl methyl sites for hydroxylation is 1. The Morgan fingerprint density at radius 3 is 3.08 bits per heavy atom. The Morgan fingerprint density at radius 1 is 1.32 bits per heavy atom. The molecule has 25 heavy (non-hydrogen) atoms. The number of hydrogen-bond donors (Lipinski definition) is 0. The molecule has 0 N–H and O–H groups in total. The highest BCUT2D eigenvalue weighted by atomic mass is 16.5. The molecule has 1 atom stereocenters. The van der Waals surface area contributed by atoms with E-state index in [-0.39, 0.29) is 11.7 Å². The maximum atomic E-state index is 12.3. The van der Waals surface area contributed by atoms with Crippen LogP contribution in [0.5, 0.6) is 0 Å². The molecule has 1 aliphatic rings. The van der Waals surface area contributed by atoms with Gasteiger partial charge in [-0.15, -0.1) is 0 Å². The standard InChI is InChI=1S/C18H21N5O2/c1-14-4-2-7-23-17(24)10-15(20-18(14)23)11-21-8-9-25-16(12-21)13-22-6-3-5-19-22/h2-7,10,16H,8-9,11-13H2,1H3. The molecule has 130 valence electrons. The summed E-state index contributed by atoms with van der Waals surface area (Å²) in [6, 6.07) is 7.38. The van der Waals surface area contributed by atoms with E-state index in [4.69, 9.17) is 9.72 Å². The number of morpholine rings is 1. The zero-order chi connectivity index (χ0) is 17.2. The molecular weight excluding hydrogens is 318 g/mol. The van der Waals surface area contributed by atoms with Crippen LogP contribution in [0.25, 0.3) is 5.65 Å². The Morgan fingerprint density at radius 2 is 2.24 bits per heavy atom. The number of ether oxygens (including phenoxy) is 1. The molecule has 3 aromatic heterocycles. The van der Waals surface area contributed by atoms with Gasteiger partial charge in [0.2, 0.25) is 0 Å². The van der Waals surface area contributed by atoms with Crippen molar-refractivity contribution in [3.63, 3.8) is 0 Å². The summed E-state index contributed by atoms with van der Waals surface area (Å²) in [6.07, 6.45) is 5.57. The number of fused-ring (bicyclic) bond motifs is 1. The van der Waals surface area contributed by atoms with Gasteiger partial charge in [0.1, 0.15) is 5.65 Å². The van der Waals surface area contributed by atoms with Crippen LogP contribution in [0.4, 0.5) is 0 Å².